The number of thioether (sulfide) groups is 1. The number of nitrogens with zero attached hydrogens (tertiary/aromatic N) is 5. The van der Waals surface area contributed by atoms with Crippen molar-refractivity contribution in [3.8, 4) is 11.5 Å². The van der Waals surface area contributed by atoms with E-state index in [9.17, 15) is 14.0 Å². The lowest BCUT2D eigenvalue weighted by atomic mass is 10.1. The monoisotopic (exact) mass is 615 g/mol. The van der Waals surface area contributed by atoms with Gasteiger partial charge in [0.25, 0.3) is 11.5 Å². The third-order valence-electron chi connectivity index (χ3n) is 7.68. The maximum Gasteiger partial charge on any atom is 0.267 e. The molecule has 0 saturated carbocycles. The van der Waals surface area contributed by atoms with Crippen molar-refractivity contribution < 1.29 is 18.7 Å². The van der Waals surface area contributed by atoms with Crippen molar-refractivity contribution in [2.45, 2.75) is 13.5 Å². The van der Waals surface area contributed by atoms with Crippen LogP contribution in [0.2, 0.25) is 0 Å². The molecule has 7 rings (SSSR count). The Labute approximate surface area is 256 Å². The number of ether oxygens (including phenoxy) is 2. The van der Waals surface area contributed by atoms with Crippen LogP contribution in [0, 0.1) is 12.7 Å². The third-order valence-corrected chi connectivity index (χ3v) is 9.06. The highest BCUT2D eigenvalue weighted by atomic mass is 32.2. The topological polar surface area (TPSA) is 79.6 Å². The van der Waals surface area contributed by atoms with Gasteiger partial charge in [-0.05, 0) is 66.6 Å². The second-order valence-corrected chi connectivity index (χ2v) is 12.2. The number of piperazine rings is 1. The summed E-state index contributed by atoms with van der Waals surface area (Å²) in [4.78, 5) is 38.6. The number of hydrogen-bond acceptors (Lipinski definition) is 9. The molecule has 2 aromatic heterocycles. The van der Waals surface area contributed by atoms with Crippen molar-refractivity contribution in [1.82, 2.24) is 14.3 Å². The number of amides is 1. The van der Waals surface area contributed by atoms with Gasteiger partial charge >= 0.3 is 0 Å². The molecule has 3 aliphatic rings. The van der Waals surface area contributed by atoms with E-state index in [2.05, 4.69) is 9.80 Å². The number of benzene rings is 2. The average Bonchev–Trinajstić information content (AvgIpc) is 3.59. The van der Waals surface area contributed by atoms with E-state index in [1.54, 1.807) is 24.4 Å². The summed E-state index contributed by atoms with van der Waals surface area (Å²) in [7, 11) is 0. The van der Waals surface area contributed by atoms with Gasteiger partial charge in [0.2, 0.25) is 6.79 Å². The van der Waals surface area contributed by atoms with Crippen molar-refractivity contribution in [3.63, 3.8) is 0 Å². The molecular formula is C31H26FN5O4S2. The van der Waals surface area contributed by atoms with Crippen molar-refractivity contribution in [3.05, 3.63) is 98.6 Å². The average molecular weight is 616 g/mol. The molecule has 0 radical (unpaired) electrons. The van der Waals surface area contributed by atoms with Crippen LogP contribution in [0.15, 0.2) is 70.5 Å². The lowest BCUT2D eigenvalue weighted by molar-refractivity contribution is -0.122. The molecule has 43 heavy (non-hydrogen) atoms. The van der Waals surface area contributed by atoms with Gasteiger partial charge in [0.05, 0.1) is 17.0 Å². The summed E-state index contributed by atoms with van der Waals surface area (Å²) in [5.41, 5.74) is 3.31. The highest BCUT2D eigenvalue weighted by molar-refractivity contribution is 8.26. The summed E-state index contributed by atoms with van der Waals surface area (Å²) in [6.45, 7) is 4.87. The van der Waals surface area contributed by atoms with Gasteiger partial charge < -0.3 is 19.3 Å². The lowest BCUT2D eigenvalue weighted by Crippen LogP contribution is -2.47. The molecule has 0 atom stereocenters. The van der Waals surface area contributed by atoms with E-state index >= 15 is 0 Å². The summed E-state index contributed by atoms with van der Waals surface area (Å²) >= 11 is 6.77. The fourth-order valence-electron chi connectivity index (χ4n) is 5.43. The Morgan fingerprint density at radius 3 is 2.51 bits per heavy atom. The maximum absolute atomic E-state index is 13.9. The second-order valence-electron chi connectivity index (χ2n) is 10.5. The number of carbonyl (C=O) groups excluding carboxylic acids is 1. The molecule has 0 unspecified atom stereocenters. The molecule has 2 saturated heterocycles. The fraction of sp³-hybridized carbons (Fsp3) is 0.226. The van der Waals surface area contributed by atoms with Gasteiger partial charge in [-0.1, -0.05) is 36.1 Å². The van der Waals surface area contributed by atoms with E-state index < -0.39 is 0 Å². The van der Waals surface area contributed by atoms with E-state index in [0.717, 1.165) is 16.8 Å². The van der Waals surface area contributed by atoms with E-state index in [1.807, 2.05) is 37.3 Å². The number of pyridine rings is 1. The first kappa shape index (κ1) is 27.4. The second kappa shape index (κ2) is 11.0. The van der Waals surface area contributed by atoms with E-state index in [4.69, 9.17) is 26.7 Å². The standard InChI is InChI=1S/C31H26FN5O4S2/c1-19-2-9-27-33-28(35-12-10-34(11-13-35)22-6-4-21(32)5-7-22)23(29(38)36(27)16-19)15-26-30(39)37(31(42)43-26)17-20-3-8-24-25(14-20)41-18-40-24/h2-9,14-16H,10-13,17-18H2,1H3/b26-15+. The van der Waals surface area contributed by atoms with Gasteiger partial charge in [-0.15, -0.1) is 0 Å². The number of aromatic nitrogens is 2. The predicted octanol–water partition coefficient (Wildman–Crippen LogP) is 4.60. The molecule has 3 aliphatic heterocycles. The number of thiocarbonyl (C=S) groups is 1. The number of hydrogen-bond donors (Lipinski definition) is 0. The Kier molecular flexibility index (Phi) is 7.02. The van der Waals surface area contributed by atoms with Crippen molar-refractivity contribution >= 4 is 57.4 Å². The SMILES string of the molecule is Cc1ccc2nc(N3CCN(c4ccc(F)cc4)CC3)c(/C=C3/SC(=S)N(Cc4ccc5c(c4)OCO5)C3=O)c(=O)n2c1. The van der Waals surface area contributed by atoms with Crippen LogP contribution in [0.25, 0.3) is 11.7 Å². The van der Waals surface area contributed by atoms with Crippen LogP contribution < -0.4 is 24.8 Å². The Morgan fingerprint density at radius 2 is 1.72 bits per heavy atom. The molecule has 4 aromatic rings. The molecule has 2 fully saturated rings. The van der Waals surface area contributed by atoms with Crippen molar-refractivity contribution in [2.24, 2.45) is 0 Å². The summed E-state index contributed by atoms with van der Waals surface area (Å²) in [5.74, 6) is 1.28. The summed E-state index contributed by atoms with van der Waals surface area (Å²) in [5, 5.41) is 0. The zero-order valence-electron chi connectivity index (χ0n) is 23.2. The van der Waals surface area contributed by atoms with Crippen LogP contribution in [0.1, 0.15) is 16.7 Å². The number of aryl methyl sites for hydroxylation is 1. The van der Waals surface area contributed by atoms with Crippen LogP contribution in [0.3, 0.4) is 0 Å². The summed E-state index contributed by atoms with van der Waals surface area (Å²) in [6, 6.07) is 15.7. The van der Waals surface area contributed by atoms with Crippen LogP contribution in [-0.2, 0) is 11.3 Å². The van der Waals surface area contributed by atoms with Crippen LogP contribution in [0.4, 0.5) is 15.9 Å². The summed E-state index contributed by atoms with van der Waals surface area (Å²) in [6.07, 6.45) is 3.38. The van der Waals surface area contributed by atoms with Crippen molar-refractivity contribution in [2.75, 3.05) is 42.8 Å². The quantitative estimate of drug-likeness (QED) is 0.237. The number of halogens is 1. The molecule has 5 heterocycles. The number of carbonyl (C=O) groups is 1. The molecule has 12 heteroatoms. The predicted molar refractivity (Wildman–Crippen MR) is 168 cm³/mol. The molecular weight excluding hydrogens is 590 g/mol. The minimum atomic E-state index is -0.274. The van der Waals surface area contributed by atoms with E-state index in [-0.39, 0.29) is 30.6 Å². The minimum Gasteiger partial charge on any atom is -0.454 e. The minimum absolute atomic E-state index is 0.168. The molecule has 2 aromatic carbocycles. The van der Waals surface area contributed by atoms with Gasteiger partial charge in [-0.2, -0.15) is 0 Å². The van der Waals surface area contributed by atoms with Gasteiger partial charge in [-0.25, -0.2) is 9.37 Å². The molecule has 0 bridgehead atoms. The Balaban J connectivity index is 1.20. The first-order valence-electron chi connectivity index (χ1n) is 13.8. The van der Waals surface area contributed by atoms with Gasteiger partial charge in [0.1, 0.15) is 21.6 Å². The third kappa shape index (κ3) is 5.21. The Hall–Kier alpha value is -4.42. The van der Waals surface area contributed by atoms with Crippen LogP contribution >= 0.6 is 24.0 Å². The smallest absolute Gasteiger partial charge is 0.267 e. The number of anilines is 2. The molecule has 1 amide bonds. The lowest BCUT2D eigenvalue weighted by Gasteiger charge is -2.37. The molecule has 0 N–H and O–H groups in total. The molecule has 218 valence electrons. The summed E-state index contributed by atoms with van der Waals surface area (Å²) < 4.78 is 26.3. The molecule has 0 aliphatic carbocycles. The number of rotatable bonds is 5. The van der Waals surface area contributed by atoms with Gasteiger partial charge in [0, 0.05) is 38.1 Å². The first-order chi connectivity index (χ1) is 20.8. The van der Waals surface area contributed by atoms with Gasteiger partial charge in [-0.3, -0.25) is 18.9 Å². The van der Waals surface area contributed by atoms with E-state index in [1.165, 1.54) is 33.2 Å². The maximum atomic E-state index is 13.9. The van der Waals surface area contributed by atoms with Gasteiger partial charge in [0.15, 0.2) is 11.5 Å². The van der Waals surface area contributed by atoms with Crippen LogP contribution in [0.5, 0.6) is 11.5 Å². The molecule has 0 spiro atoms. The zero-order valence-corrected chi connectivity index (χ0v) is 24.8. The Bertz CT molecular complexity index is 1870. The van der Waals surface area contributed by atoms with Crippen LogP contribution in [-0.4, -0.2) is 57.5 Å². The highest BCUT2D eigenvalue weighted by Gasteiger charge is 2.33. The Morgan fingerprint density at radius 1 is 0.977 bits per heavy atom. The zero-order chi connectivity index (χ0) is 29.7. The normalized spacial score (nSPS) is 17.5. The van der Waals surface area contributed by atoms with Crippen molar-refractivity contribution in [1.29, 1.82) is 0 Å². The molecule has 9 nitrogen and oxygen atoms in total. The fourth-order valence-corrected chi connectivity index (χ4v) is 6.67. The number of fused-ring (bicyclic) bond motifs is 2. The largest absolute Gasteiger partial charge is 0.454 e. The highest BCUT2D eigenvalue weighted by Crippen LogP contribution is 2.37. The van der Waals surface area contributed by atoms with E-state index in [0.29, 0.717) is 63.9 Å². The first-order valence-corrected chi connectivity index (χ1v) is 15.0.